The summed E-state index contributed by atoms with van der Waals surface area (Å²) in [4.78, 5) is 10.8. The number of nitrogens with two attached hydrogens (primary N) is 1. The van der Waals surface area contributed by atoms with Gasteiger partial charge in [0.2, 0.25) is 0 Å². The Morgan fingerprint density at radius 2 is 2.27 bits per heavy atom. The summed E-state index contributed by atoms with van der Waals surface area (Å²) in [5.74, 6) is -0.252. The van der Waals surface area contributed by atoms with E-state index >= 15 is 0 Å². The van der Waals surface area contributed by atoms with E-state index in [1.54, 1.807) is 6.08 Å². The lowest BCUT2D eigenvalue weighted by Gasteiger charge is -2.01. The molecule has 3 nitrogen and oxygen atoms in total. The quantitative estimate of drug-likeness (QED) is 0.607. The predicted octanol–water partition coefficient (Wildman–Crippen LogP) is 2.15. The van der Waals surface area contributed by atoms with Gasteiger partial charge in [-0.05, 0) is 24.6 Å². The van der Waals surface area contributed by atoms with Crippen LogP contribution >= 0.6 is 0 Å². The average molecular weight is 205 g/mol. The molecule has 0 bridgehead atoms. The SMILES string of the molecule is COC(=O)CC=Cc1cc(C)ccc1N. The largest absolute Gasteiger partial charge is 0.469 e. The van der Waals surface area contributed by atoms with Gasteiger partial charge in [0.25, 0.3) is 0 Å². The highest BCUT2D eigenvalue weighted by atomic mass is 16.5. The topological polar surface area (TPSA) is 52.3 Å². The van der Waals surface area contributed by atoms with Gasteiger partial charge in [-0.15, -0.1) is 0 Å². The number of esters is 1. The Morgan fingerprint density at radius 1 is 1.53 bits per heavy atom. The van der Waals surface area contributed by atoms with E-state index in [0.29, 0.717) is 5.69 Å². The van der Waals surface area contributed by atoms with Crippen LogP contribution in [-0.2, 0) is 9.53 Å². The van der Waals surface area contributed by atoms with Crippen LogP contribution < -0.4 is 5.73 Å². The van der Waals surface area contributed by atoms with E-state index in [-0.39, 0.29) is 12.4 Å². The minimum absolute atomic E-state index is 0.252. The number of hydrogen-bond acceptors (Lipinski definition) is 3. The number of rotatable bonds is 3. The van der Waals surface area contributed by atoms with Gasteiger partial charge in [0.05, 0.1) is 13.5 Å². The normalized spacial score (nSPS) is 10.5. The number of hydrogen-bond donors (Lipinski definition) is 1. The lowest BCUT2D eigenvalue weighted by atomic mass is 10.1. The van der Waals surface area contributed by atoms with E-state index in [1.165, 1.54) is 7.11 Å². The molecule has 0 fully saturated rings. The third-order valence-corrected chi connectivity index (χ3v) is 2.05. The third kappa shape index (κ3) is 3.46. The number of anilines is 1. The minimum Gasteiger partial charge on any atom is -0.469 e. The number of methoxy groups -OCH3 is 1. The molecule has 1 aromatic rings. The molecule has 0 aliphatic heterocycles. The first kappa shape index (κ1) is 11.3. The molecule has 0 saturated heterocycles. The number of ether oxygens (including phenoxy) is 1. The molecule has 0 radical (unpaired) electrons. The van der Waals surface area contributed by atoms with Crippen LogP contribution in [0.25, 0.3) is 6.08 Å². The molecule has 1 aromatic carbocycles. The van der Waals surface area contributed by atoms with Crippen LogP contribution in [0.1, 0.15) is 17.5 Å². The highest BCUT2D eigenvalue weighted by Gasteiger charge is 1.97. The molecule has 0 aliphatic rings. The Morgan fingerprint density at radius 3 is 2.93 bits per heavy atom. The Hall–Kier alpha value is -1.77. The van der Waals surface area contributed by atoms with Crippen molar-refractivity contribution in [3.63, 3.8) is 0 Å². The molecule has 0 unspecified atom stereocenters. The van der Waals surface area contributed by atoms with Crippen molar-refractivity contribution in [3.8, 4) is 0 Å². The average Bonchev–Trinajstić information content (AvgIpc) is 2.23. The number of carbonyl (C=O) groups is 1. The monoisotopic (exact) mass is 205 g/mol. The fourth-order valence-corrected chi connectivity index (χ4v) is 1.20. The van der Waals surface area contributed by atoms with Gasteiger partial charge in [-0.2, -0.15) is 0 Å². The zero-order chi connectivity index (χ0) is 11.3. The van der Waals surface area contributed by atoms with Crippen LogP contribution in [0.4, 0.5) is 5.69 Å². The summed E-state index contributed by atoms with van der Waals surface area (Å²) in [7, 11) is 1.37. The van der Waals surface area contributed by atoms with Crippen LogP contribution in [0.15, 0.2) is 24.3 Å². The van der Waals surface area contributed by atoms with E-state index in [9.17, 15) is 4.79 Å². The molecule has 0 heterocycles. The Bertz CT molecular complexity index is 383. The molecular formula is C12H15NO2. The van der Waals surface area contributed by atoms with Crippen molar-refractivity contribution < 1.29 is 9.53 Å². The fraction of sp³-hybridized carbons (Fsp3) is 0.250. The second kappa shape index (κ2) is 5.20. The van der Waals surface area contributed by atoms with Crippen molar-refractivity contribution in [1.82, 2.24) is 0 Å². The number of nitrogen functional groups attached to an aromatic ring is 1. The number of aryl methyl sites for hydroxylation is 1. The van der Waals surface area contributed by atoms with Crippen molar-refractivity contribution in [3.05, 3.63) is 35.4 Å². The summed E-state index contributed by atoms with van der Waals surface area (Å²) >= 11 is 0. The first-order valence-electron chi connectivity index (χ1n) is 4.73. The summed E-state index contributed by atoms with van der Waals surface area (Å²) in [6.07, 6.45) is 3.85. The fourth-order valence-electron chi connectivity index (χ4n) is 1.20. The Balaban J connectivity index is 2.71. The van der Waals surface area contributed by atoms with Gasteiger partial charge in [-0.3, -0.25) is 4.79 Å². The Labute approximate surface area is 89.5 Å². The molecule has 0 saturated carbocycles. The second-order valence-electron chi connectivity index (χ2n) is 3.31. The second-order valence-corrected chi connectivity index (χ2v) is 3.31. The standard InChI is InChI=1S/C12H15NO2/c1-9-6-7-11(13)10(8-9)4-3-5-12(14)15-2/h3-4,6-8H,5,13H2,1-2H3. The van der Waals surface area contributed by atoms with E-state index in [0.717, 1.165) is 11.1 Å². The van der Waals surface area contributed by atoms with Gasteiger partial charge in [0.1, 0.15) is 0 Å². The van der Waals surface area contributed by atoms with Crippen LogP contribution in [0, 0.1) is 6.92 Å². The first-order valence-corrected chi connectivity index (χ1v) is 4.73. The highest BCUT2D eigenvalue weighted by molar-refractivity contribution is 5.73. The van der Waals surface area contributed by atoms with Gasteiger partial charge < -0.3 is 10.5 Å². The first-order chi connectivity index (χ1) is 7.13. The third-order valence-electron chi connectivity index (χ3n) is 2.05. The Kier molecular flexibility index (Phi) is 3.92. The van der Waals surface area contributed by atoms with Gasteiger partial charge in [0.15, 0.2) is 0 Å². The van der Waals surface area contributed by atoms with E-state index in [2.05, 4.69) is 4.74 Å². The van der Waals surface area contributed by atoms with E-state index in [4.69, 9.17) is 5.73 Å². The van der Waals surface area contributed by atoms with Crippen LogP contribution in [0.5, 0.6) is 0 Å². The maximum absolute atomic E-state index is 10.8. The molecule has 0 spiro atoms. The minimum atomic E-state index is -0.252. The summed E-state index contributed by atoms with van der Waals surface area (Å²) in [5.41, 5.74) is 8.55. The maximum Gasteiger partial charge on any atom is 0.309 e. The van der Waals surface area contributed by atoms with Gasteiger partial charge in [-0.1, -0.05) is 23.8 Å². The lowest BCUT2D eigenvalue weighted by Crippen LogP contribution is -1.96. The lowest BCUT2D eigenvalue weighted by molar-refractivity contribution is -0.139. The van der Waals surface area contributed by atoms with Crippen molar-refractivity contribution in [1.29, 1.82) is 0 Å². The summed E-state index contributed by atoms with van der Waals surface area (Å²) in [6, 6.07) is 5.78. The molecule has 3 heteroatoms. The van der Waals surface area contributed by atoms with Crippen LogP contribution in [0.3, 0.4) is 0 Å². The molecule has 80 valence electrons. The molecule has 0 amide bonds. The molecule has 15 heavy (non-hydrogen) atoms. The van der Waals surface area contributed by atoms with Crippen molar-refractivity contribution in [2.75, 3.05) is 12.8 Å². The molecular weight excluding hydrogens is 190 g/mol. The maximum atomic E-state index is 10.8. The number of benzene rings is 1. The predicted molar refractivity (Wildman–Crippen MR) is 61.3 cm³/mol. The van der Waals surface area contributed by atoms with Crippen molar-refractivity contribution >= 4 is 17.7 Å². The van der Waals surface area contributed by atoms with Crippen LogP contribution in [0.2, 0.25) is 0 Å². The van der Waals surface area contributed by atoms with Gasteiger partial charge in [0, 0.05) is 5.69 Å². The molecule has 0 aromatic heterocycles. The molecule has 0 atom stereocenters. The molecule has 1 rings (SSSR count). The number of carbonyl (C=O) groups excluding carboxylic acids is 1. The zero-order valence-corrected chi connectivity index (χ0v) is 8.99. The molecule has 2 N–H and O–H groups in total. The van der Waals surface area contributed by atoms with Crippen molar-refractivity contribution in [2.24, 2.45) is 0 Å². The highest BCUT2D eigenvalue weighted by Crippen LogP contribution is 2.15. The van der Waals surface area contributed by atoms with Gasteiger partial charge in [-0.25, -0.2) is 0 Å². The van der Waals surface area contributed by atoms with Crippen LogP contribution in [-0.4, -0.2) is 13.1 Å². The van der Waals surface area contributed by atoms with Crippen molar-refractivity contribution in [2.45, 2.75) is 13.3 Å². The van der Waals surface area contributed by atoms with E-state index in [1.807, 2.05) is 31.2 Å². The summed E-state index contributed by atoms with van der Waals surface area (Å²) < 4.78 is 4.52. The summed E-state index contributed by atoms with van der Waals surface area (Å²) in [5, 5.41) is 0. The van der Waals surface area contributed by atoms with E-state index < -0.39 is 0 Å². The zero-order valence-electron chi connectivity index (χ0n) is 8.99. The smallest absolute Gasteiger partial charge is 0.309 e. The van der Waals surface area contributed by atoms with Gasteiger partial charge >= 0.3 is 5.97 Å². The molecule has 0 aliphatic carbocycles. The summed E-state index contributed by atoms with van der Waals surface area (Å²) in [6.45, 7) is 2.00.